The molecule has 0 amide bonds. The Hall–Kier alpha value is -1.68. The first-order valence-electron chi connectivity index (χ1n) is 6.87. The van der Waals surface area contributed by atoms with Gasteiger partial charge in [-0.25, -0.2) is 0 Å². The zero-order valence-electron chi connectivity index (χ0n) is 12.1. The maximum Gasteiger partial charge on any atom is 0.0575 e. The summed E-state index contributed by atoms with van der Waals surface area (Å²) in [6.45, 7) is 2.81. The average Bonchev–Trinajstić information content (AvgIpc) is 2.53. The number of hydrogen-bond acceptors (Lipinski definition) is 3. The van der Waals surface area contributed by atoms with Crippen LogP contribution in [0.3, 0.4) is 0 Å². The fourth-order valence-corrected chi connectivity index (χ4v) is 2.27. The Labute approximate surface area is 120 Å². The van der Waals surface area contributed by atoms with E-state index in [-0.39, 0.29) is 12.1 Å². The van der Waals surface area contributed by atoms with Crippen molar-refractivity contribution in [2.45, 2.75) is 25.6 Å². The third kappa shape index (κ3) is 3.67. The van der Waals surface area contributed by atoms with Gasteiger partial charge in [-0.1, -0.05) is 60.7 Å². The van der Waals surface area contributed by atoms with Crippen LogP contribution in [0.25, 0.3) is 0 Å². The highest BCUT2D eigenvalue weighted by molar-refractivity contribution is 5.20. The highest BCUT2D eigenvalue weighted by atomic mass is 16.7. The van der Waals surface area contributed by atoms with Gasteiger partial charge in [0.25, 0.3) is 0 Å². The van der Waals surface area contributed by atoms with Gasteiger partial charge >= 0.3 is 0 Å². The number of benzene rings is 2. The molecule has 0 saturated carbocycles. The molecule has 0 saturated heterocycles. The number of nitrogens with two attached hydrogens (primary N) is 1. The van der Waals surface area contributed by atoms with E-state index in [0.717, 1.165) is 12.1 Å². The molecule has 0 aliphatic heterocycles. The molecule has 2 unspecified atom stereocenters. The third-order valence-electron chi connectivity index (χ3n) is 3.57. The lowest BCUT2D eigenvalue weighted by molar-refractivity contribution is -0.170. The van der Waals surface area contributed by atoms with E-state index in [1.54, 1.807) is 7.11 Å². The molecule has 106 valence electrons. The Bertz CT molecular complexity index is 501. The predicted octanol–water partition coefficient (Wildman–Crippen LogP) is 3.14. The fourth-order valence-electron chi connectivity index (χ4n) is 2.27. The van der Waals surface area contributed by atoms with E-state index in [9.17, 15) is 0 Å². The topological polar surface area (TPSA) is 38.5 Å². The summed E-state index contributed by atoms with van der Waals surface area (Å²) in [7, 11) is 1.69. The van der Waals surface area contributed by atoms with Crippen LogP contribution in [0.1, 0.15) is 24.1 Å². The van der Waals surface area contributed by atoms with E-state index in [1.807, 2.05) is 41.5 Å². The molecule has 2 atom stereocenters. The van der Waals surface area contributed by atoms with Crippen LogP contribution in [-0.4, -0.2) is 18.2 Å². The van der Waals surface area contributed by atoms with Crippen LogP contribution in [0.15, 0.2) is 60.7 Å². The molecule has 0 aromatic heterocycles. The van der Waals surface area contributed by atoms with Crippen LogP contribution in [0.5, 0.6) is 0 Å². The zero-order chi connectivity index (χ0) is 14.4. The first-order chi connectivity index (χ1) is 9.72. The lowest BCUT2D eigenvalue weighted by atomic mass is 10.0. The van der Waals surface area contributed by atoms with Crippen molar-refractivity contribution in [3.63, 3.8) is 0 Å². The standard InChI is InChI=1S/C17H22N2O/c1-14(17(18)16-11-7-4-8-12-16)19(20-2)13-15-9-5-3-6-10-15/h3-12,14,17H,13,18H2,1-2H3. The molecular weight excluding hydrogens is 248 g/mol. The van der Waals surface area contributed by atoms with Crippen LogP contribution >= 0.6 is 0 Å². The molecule has 0 bridgehead atoms. The lowest BCUT2D eigenvalue weighted by Gasteiger charge is -2.31. The minimum absolute atomic E-state index is 0.0835. The van der Waals surface area contributed by atoms with Gasteiger partial charge in [0, 0.05) is 12.6 Å². The molecule has 0 heterocycles. The van der Waals surface area contributed by atoms with Crippen molar-refractivity contribution in [2.75, 3.05) is 7.11 Å². The Morgan fingerprint density at radius 1 is 1.00 bits per heavy atom. The Kier molecular flexibility index (Phi) is 5.30. The molecule has 2 aromatic carbocycles. The second-order valence-electron chi connectivity index (χ2n) is 4.92. The quantitative estimate of drug-likeness (QED) is 0.820. The largest absolute Gasteiger partial charge is 0.323 e. The van der Waals surface area contributed by atoms with Crippen molar-refractivity contribution in [1.82, 2.24) is 5.06 Å². The number of hydrogen-bond donors (Lipinski definition) is 1. The maximum absolute atomic E-state index is 6.35. The van der Waals surface area contributed by atoms with E-state index in [2.05, 4.69) is 31.2 Å². The van der Waals surface area contributed by atoms with Crippen molar-refractivity contribution in [3.05, 3.63) is 71.8 Å². The smallest absolute Gasteiger partial charge is 0.0575 e. The molecule has 20 heavy (non-hydrogen) atoms. The highest BCUT2D eigenvalue weighted by Gasteiger charge is 2.22. The van der Waals surface area contributed by atoms with Crippen LogP contribution in [-0.2, 0) is 11.4 Å². The molecule has 3 heteroatoms. The second kappa shape index (κ2) is 7.20. The van der Waals surface area contributed by atoms with Crippen molar-refractivity contribution in [3.8, 4) is 0 Å². The summed E-state index contributed by atoms with van der Waals surface area (Å²) in [6.07, 6.45) is 0. The first kappa shape index (κ1) is 14.7. The molecule has 0 aliphatic rings. The summed E-state index contributed by atoms with van der Waals surface area (Å²) in [6, 6.07) is 20.4. The summed E-state index contributed by atoms with van der Waals surface area (Å²) in [5.41, 5.74) is 8.68. The van der Waals surface area contributed by atoms with Crippen LogP contribution in [0, 0.1) is 0 Å². The number of rotatable bonds is 6. The molecular formula is C17H22N2O. The van der Waals surface area contributed by atoms with Crippen LogP contribution in [0.2, 0.25) is 0 Å². The van der Waals surface area contributed by atoms with Crippen molar-refractivity contribution < 1.29 is 4.84 Å². The van der Waals surface area contributed by atoms with Gasteiger partial charge in [0.15, 0.2) is 0 Å². The Balaban J connectivity index is 2.07. The molecule has 2 aromatic rings. The first-order valence-corrected chi connectivity index (χ1v) is 6.87. The maximum atomic E-state index is 6.35. The van der Waals surface area contributed by atoms with Crippen molar-refractivity contribution >= 4 is 0 Å². The van der Waals surface area contributed by atoms with E-state index in [0.29, 0.717) is 0 Å². The van der Waals surface area contributed by atoms with E-state index in [4.69, 9.17) is 10.6 Å². The lowest BCUT2D eigenvalue weighted by Crippen LogP contribution is -2.39. The Morgan fingerprint density at radius 3 is 2.10 bits per heavy atom. The molecule has 2 N–H and O–H groups in total. The second-order valence-corrected chi connectivity index (χ2v) is 4.92. The third-order valence-corrected chi connectivity index (χ3v) is 3.57. The monoisotopic (exact) mass is 270 g/mol. The van der Waals surface area contributed by atoms with Crippen LogP contribution < -0.4 is 5.73 Å². The fraction of sp³-hybridized carbons (Fsp3) is 0.294. The van der Waals surface area contributed by atoms with Crippen LogP contribution in [0.4, 0.5) is 0 Å². The minimum Gasteiger partial charge on any atom is -0.323 e. The number of nitrogens with zero attached hydrogens (tertiary/aromatic N) is 1. The van der Waals surface area contributed by atoms with Crippen molar-refractivity contribution in [1.29, 1.82) is 0 Å². The van der Waals surface area contributed by atoms with Gasteiger partial charge in [0.2, 0.25) is 0 Å². The molecule has 2 rings (SSSR count). The molecule has 0 spiro atoms. The Morgan fingerprint density at radius 2 is 1.55 bits per heavy atom. The van der Waals surface area contributed by atoms with Gasteiger partial charge in [-0.15, -0.1) is 0 Å². The summed E-state index contributed by atoms with van der Waals surface area (Å²) in [5.74, 6) is 0. The van der Waals surface area contributed by atoms with Gasteiger partial charge in [-0.2, -0.15) is 5.06 Å². The van der Waals surface area contributed by atoms with Crippen molar-refractivity contribution in [2.24, 2.45) is 5.73 Å². The summed E-state index contributed by atoms with van der Waals surface area (Å²) in [5, 5.41) is 1.92. The predicted molar refractivity (Wildman–Crippen MR) is 81.8 cm³/mol. The molecule has 0 fully saturated rings. The van der Waals surface area contributed by atoms with Gasteiger partial charge in [0.1, 0.15) is 0 Å². The minimum atomic E-state index is -0.0835. The zero-order valence-corrected chi connectivity index (χ0v) is 12.1. The van der Waals surface area contributed by atoms with Gasteiger partial charge < -0.3 is 10.6 Å². The van der Waals surface area contributed by atoms with Gasteiger partial charge in [-0.3, -0.25) is 0 Å². The van der Waals surface area contributed by atoms with Gasteiger partial charge in [0.05, 0.1) is 13.2 Å². The molecule has 0 radical (unpaired) electrons. The summed E-state index contributed by atoms with van der Waals surface area (Å²) in [4.78, 5) is 5.51. The van der Waals surface area contributed by atoms with E-state index < -0.39 is 0 Å². The average molecular weight is 270 g/mol. The summed E-state index contributed by atoms with van der Waals surface area (Å²) < 4.78 is 0. The number of hydroxylamine groups is 2. The van der Waals surface area contributed by atoms with E-state index >= 15 is 0 Å². The van der Waals surface area contributed by atoms with Gasteiger partial charge in [-0.05, 0) is 18.1 Å². The highest BCUT2D eigenvalue weighted by Crippen LogP contribution is 2.20. The molecule has 0 aliphatic carbocycles. The SMILES string of the molecule is CON(Cc1ccccc1)C(C)C(N)c1ccccc1. The van der Waals surface area contributed by atoms with E-state index in [1.165, 1.54) is 5.56 Å². The normalized spacial score (nSPS) is 14.2. The molecule has 3 nitrogen and oxygen atoms in total. The summed E-state index contributed by atoms with van der Waals surface area (Å²) >= 11 is 0.